The van der Waals surface area contributed by atoms with Crippen LogP contribution in [0.5, 0.6) is 5.75 Å². The first-order valence-corrected chi connectivity index (χ1v) is 11.1. The molecule has 2 atom stereocenters. The molecule has 0 aliphatic carbocycles. The number of carbonyl (C=O) groups is 1. The number of hydrogen-bond acceptors (Lipinski definition) is 4. The fraction of sp³-hybridized carbons (Fsp3) is 0.350. The van der Waals surface area contributed by atoms with Crippen molar-refractivity contribution in [1.82, 2.24) is 4.90 Å². The Kier molecular flexibility index (Phi) is 6.25. The highest BCUT2D eigenvalue weighted by Crippen LogP contribution is 2.25. The van der Waals surface area contributed by atoms with Crippen molar-refractivity contribution in [2.24, 2.45) is 0 Å². The molecule has 0 unspecified atom stereocenters. The van der Waals surface area contributed by atoms with Gasteiger partial charge < -0.3 is 9.64 Å². The highest BCUT2D eigenvalue weighted by atomic mass is 35.5. The molecule has 150 valence electrons. The van der Waals surface area contributed by atoms with E-state index >= 15 is 0 Å². The quantitative estimate of drug-likeness (QED) is 0.711. The lowest BCUT2D eigenvalue weighted by molar-refractivity contribution is -0.140. The van der Waals surface area contributed by atoms with Crippen molar-refractivity contribution < 1.29 is 22.3 Å². The Labute approximate surface area is 169 Å². The Morgan fingerprint density at radius 2 is 1.93 bits per heavy atom. The van der Waals surface area contributed by atoms with Gasteiger partial charge in [0.1, 0.15) is 11.6 Å². The Morgan fingerprint density at radius 1 is 1.25 bits per heavy atom. The van der Waals surface area contributed by atoms with E-state index in [1.165, 1.54) is 29.2 Å². The molecule has 0 spiro atoms. The predicted molar refractivity (Wildman–Crippen MR) is 106 cm³/mol. The molecule has 2 aromatic carbocycles. The van der Waals surface area contributed by atoms with Gasteiger partial charge in [0.15, 0.2) is 15.9 Å². The average molecular weight is 426 g/mol. The summed E-state index contributed by atoms with van der Waals surface area (Å²) in [5, 5.41) is 0.508. The largest absolute Gasteiger partial charge is 0.481 e. The third-order valence-corrected chi connectivity index (χ3v) is 6.82. The van der Waals surface area contributed by atoms with E-state index in [0.717, 1.165) is 5.56 Å². The van der Waals surface area contributed by atoms with Gasteiger partial charge >= 0.3 is 0 Å². The van der Waals surface area contributed by atoms with Crippen LogP contribution in [0, 0.1) is 5.82 Å². The summed E-state index contributed by atoms with van der Waals surface area (Å²) < 4.78 is 42.6. The summed E-state index contributed by atoms with van der Waals surface area (Å²) in [5.41, 5.74) is 0.732. The lowest BCUT2D eigenvalue weighted by Crippen LogP contribution is -2.46. The lowest BCUT2D eigenvalue weighted by Gasteiger charge is -2.31. The van der Waals surface area contributed by atoms with Gasteiger partial charge in [-0.2, -0.15) is 0 Å². The number of hydrogen-bond donors (Lipinski definition) is 0. The van der Waals surface area contributed by atoms with Crippen LogP contribution in [0.15, 0.2) is 48.5 Å². The molecule has 8 heteroatoms. The molecule has 2 aromatic rings. The molecule has 1 saturated heterocycles. The maximum atomic E-state index is 13.1. The summed E-state index contributed by atoms with van der Waals surface area (Å²) in [6.07, 6.45) is -0.488. The zero-order valence-corrected chi connectivity index (χ0v) is 16.9. The van der Waals surface area contributed by atoms with E-state index in [0.29, 0.717) is 17.2 Å². The van der Waals surface area contributed by atoms with Crippen molar-refractivity contribution in [3.8, 4) is 5.75 Å². The number of rotatable bonds is 6. The number of ether oxygens (including phenoxy) is 1. The Bertz CT molecular complexity index is 949. The zero-order chi connectivity index (χ0) is 20.3. The highest BCUT2D eigenvalue weighted by molar-refractivity contribution is 7.91. The minimum absolute atomic E-state index is 0.0527. The van der Waals surface area contributed by atoms with E-state index in [-0.39, 0.29) is 24.0 Å². The second-order valence-corrected chi connectivity index (χ2v) is 9.46. The Hall–Kier alpha value is -2.12. The average Bonchev–Trinajstić information content (AvgIpc) is 3.02. The van der Waals surface area contributed by atoms with Crippen LogP contribution < -0.4 is 4.74 Å². The van der Waals surface area contributed by atoms with Crippen LogP contribution in [-0.4, -0.2) is 42.9 Å². The zero-order valence-electron chi connectivity index (χ0n) is 15.3. The molecule has 0 bridgehead atoms. The van der Waals surface area contributed by atoms with Crippen LogP contribution in [0.4, 0.5) is 4.39 Å². The van der Waals surface area contributed by atoms with E-state index in [1.54, 1.807) is 25.1 Å². The van der Waals surface area contributed by atoms with E-state index in [4.69, 9.17) is 16.3 Å². The van der Waals surface area contributed by atoms with Crippen molar-refractivity contribution in [3.05, 3.63) is 64.9 Å². The molecule has 0 radical (unpaired) electrons. The Morgan fingerprint density at radius 3 is 2.54 bits per heavy atom. The smallest absolute Gasteiger partial charge is 0.263 e. The first-order valence-electron chi connectivity index (χ1n) is 8.92. The maximum absolute atomic E-state index is 13.1. The van der Waals surface area contributed by atoms with Crippen LogP contribution in [0.1, 0.15) is 18.9 Å². The van der Waals surface area contributed by atoms with Crippen molar-refractivity contribution in [2.45, 2.75) is 32.0 Å². The SMILES string of the molecule is C[C@H](Oc1ccc(F)cc1)C(=O)N(Cc1ccccc1Cl)[C@H]1CCS(=O)(=O)C1. The van der Waals surface area contributed by atoms with Gasteiger partial charge in [-0.15, -0.1) is 0 Å². The van der Waals surface area contributed by atoms with Crippen LogP contribution in [0.2, 0.25) is 5.02 Å². The molecule has 5 nitrogen and oxygen atoms in total. The summed E-state index contributed by atoms with van der Waals surface area (Å²) in [6.45, 7) is 1.78. The van der Waals surface area contributed by atoms with Gasteiger partial charge in [-0.3, -0.25) is 4.79 Å². The molecule has 1 amide bonds. The van der Waals surface area contributed by atoms with Gasteiger partial charge in [0.25, 0.3) is 5.91 Å². The summed E-state index contributed by atoms with van der Waals surface area (Å²) in [6, 6.07) is 12.1. The number of sulfone groups is 1. The molecule has 1 aliphatic rings. The molecule has 28 heavy (non-hydrogen) atoms. The van der Waals surface area contributed by atoms with Gasteiger partial charge in [0, 0.05) is 17.6 Å². The molecule has 0 saturated carbocycles. The van der Waals surface area contributed by atoms with E-state index in [1.807, 2.05) is 6.07 Å². The molecular weight excluding hydrogens is 405 g/mol. The molecular formula is C20H21ClFNO4S. The molecule has 0 aromatic heterocycles. The number of nitrogens with zero attached hydrogens (tertiary/aromatic N) is 1. The second kappa shape index (κ2) is 8.49. The summed E-state index contributed by atoms with van der Waals surface area (Å²) in [4.78, 5) is 14.6. The van der Waals surface area contributed by atoms with Crippen molar-refractivity contribution in [3.63, 3.8) is 0 Å². The first-order chi connectivity index (χ1) is 13.2. The highest BCUT2D eigenvalue weighted by Gasteiger charge is 2.36. The minimum Gasteiger partial charge on any atom is -0.481 e. The van der Waals surface area contributed by atoms with E-state index in [2.05, 4.69) is 0 Å². The molecule has 1 fully saturated rings. The van der Waals surface area contributed by atoms with Gasteiger partial charge in [0.2, 0.25) is 0 Å². The molecule has 1 heterocycles. The number of halogens is 2. The van der Waals surface area contributed by atoms with Crippen LogP contribution in [0.25, 0.3) is 0 Å². The molecule has 1 aliphatic heterocycles. The monoisotopic (exact) mass is 425 g/mol. The van der Waals surface area contributed by atoms with E-state index in [9.17, 15) is 17.6 Å². The number of benzene rings is 2. The molecule has 3 rings (SSSR count). The third kappa shape index (κ3) is 5.02. The van der Waals surface area contributed by atoms with Gasteiger partial charge in [-0.1, -0.05) is 29.8 Å². The normalized spacial score (nSPS) is 19.2. The fourth-order valence-electron chi connectivity index (χ4n) is 3.22. The fourth-order valence-corrected chi connectivity index (χ4v) is 5.15. The third-order valence-electron chi connectivity index (χ3n) is 4.71. The van der Waals surface area contributed by atoms with Crippen molar-refractivity contribution in [1.29, 1.82) is 0 Å². The Balaban J connectivity index is 1.81. The topological polar surface area (TPSA) is 63.7 Å². The van der Waals surface area contributed by atoms with Crippen LogP contribution in [0.3, 0.4) is 0 Å². The summed E-state index contributed by atoms with van der Waals surface area (Å²) in [5.74, 6) is -0.406. The van der Waals surface area contributed by atoms with Gasteiger partial charge in [-0.25, -0.2) is 12.8 Å². The summed E-state index contributed by atoms with van der Waals surface area (Å²) >= 11 is 6.24. The van der Waals surface area contributed by atoms with Gasteiger partial charge in [-0.05, 0) is 49.2 Å². The molecule has 0 N–H and O–H groups in total. The number of carbonyl (C=O) groups excluding carboxylic acids is 1. The predicted octanol–water partition coefficient (Wildman–Crippen LogP) is 3.46. The van der Waals surface area contributed by atoms with Crippen LogP contribution >= 0.6 is 11.6 Å². The number of amides is 1. The van der Waals surface area contributed by atoms with Crippen molar-refractivity contribution >= 4 is 27.3 Å². The lowest BCUT2D eigenvalue weighted by atomic mass is 10.1. The van der Waals surface area contributed by atoms with Crippen molar-refractivity contribution in [2.75, 3.05) is 11.5 Å². The second-order valence-electron chi connectivity index (χ2n) is 6.83. The standard InChI is InChI=1S/C20H21ClFNO4S/c1-14(27-18-8-6-16(22)7-9-18)20(24)23(17-10-11-28(25,26)13-17)12-15-4-2-3-5-19(15)21/h2-9,14,17H,10-13H2,1H3/t14-,17-/m0/s1. The van der Waals surface area contributed by atoms with Gasteiger partial charge in [0.05, 0.1) is 11.5 Å². The first kappa shape index (κ1) is 20.6. The maximum Gasteiger partial charge on any atom is 0.263 e. The van der Waals surface area contributed by atoms with Crippen LogP contribution in [-0.2, 0) is 21.2 Å². The van der Waals surface area contributed by atoms with E-state index < -0.39 is 27.8 Å². The summed E-state index contributed by atoms with van der Waals surface area (Å²) in [7, 11) is -3.18. The minimum atomic E-state index is -3.18.